The number of carbonyl (C=O) groups is 2. The Hall–Kier alpha value is -3.53. The molecule has 4 N–H and O–H groups in total. The number of primary amides is 1. The summed E-state index contributed by atoms with van der Waals surface area (Å²) in [5.41, 5.74) is 15.1. The van der Waals surface area contributed by atoms with Gasteiger partial charge in [-0.05, 0) is 48.0 Å². The van der Waals surface area contributed by atoms with Crippen molar-refractivity contribution in [2.24, 2.45) is 11.5 Å². The zero-order valence-corrected chi connectivity index (χ0v) is 17.5. The molecule has 2 atom stereocenters. The van der Waals surface area contributed by atoms with Crippen LogP contribution in [0.5, 0.6) is 0 Å². The Morgan fingerprint density at radius 2 is 1.61 bits per heavy atom. The fourth-order valence-electron chi connectivity index (χ4n) is 3.40. The van der Waals surface area contributed by atoms with Crippen LogP contribution in [0.2, 0.25) is 0 Å². The topological polar surface area (TPSA) is 89.4 Å². The largest absolute Gasteiger partial charge is 0.366 e. The van der Waals surface area contributed by atoms with E-state index in [0.717, 1.165) is 16.7 Å². The average molecular weight is 428 g/mol. The Bertz CT molecular complexity index is 1170. The van der Waals surface area contributed by atoms with Gasteiger partial charge in [-0.3, -0.25) is 14.5 Å². The number of nitrogens with zero attached hydrogens (tertiary/aromatic N) is 1. The van der Waals surface area contributed by atoms with Gasteiger partial charge in [0.15, 0.2) is 0 Å². The molecule has 0 radical (unpaired) electrons. The van der Waals surface area contributed by atoms with Gasteiger partial charge in [-0.15, -0.1) is 11.8 Å². The van der Waals surface area contributed by atoms with Crippen LogP contribution < -0.4 is 16.4 Å². The SMILES string of the molecule is NC[C@H]1S[C@@H](c2ccc(C#Cc3ccccc3)cc2)N(c2cccc(C(N)=O)c2)C1=O. The van der Waals surface area contributed by atoms with Gasteiger partial charge in [-0.1, -0.05) is 48.2 Å². The third-order valence-corrected chi connectivity index (χ3v) is 6.45. The zero-order chi connectivity index (χ0) is 21.8. The summed E-state index contributed by atoms with van der Waals surface area (Å²) in [5, 5.41) is -0.597. The minimum absolute atomic E-state index is 0.0768. The van der Waals surface area contributed by atoms with E-state index in [9.17, 15) is 9.59 Å². The van der Waals surface area contributed by atoms with E-state index >= 15 is 0 Å². The predicted octanol–water partition coefficient (Wildman–Crippen LogP) is 3.29. The number of carbonyl (C=O) groups excluding carboxylic acids is 2. The number of thioether (sulfide) groups is 1. The molecule has 3 aromatic rings. The van der Waals surface area contributed by atoms with Crippen LogP contribution in [-0.4, -0.2) is 23.6 Å². The van der Waals surface area contributed by atoms with Crippen molar-refractivity contribution in [3.63, 3.8) is 0 Å². The van der Waals surface area contributed by atoms with Crippen LogP contribution in [0.1, 0.15) is 32.4 Å². The van der Waals surface area contributed by atoms with Crippen molar-refractivity contribution in [2.75, 3.05) is 11.4 Å². The van der Waals surface area contributed by atoms with Crippen molar-refractivity contribution in [3.8, 4) is 11.8 Å². The molecule has 0 spiro atoms. The number of anilines is 1. The second-order valence-corrected chi connectivity index (χ2v) is 8.36. The molecule has 31 heavy (non-hydrogen) atoms. The molecule has 0 unspecified atom stereocenters. The van der Waals surface area contributed by atoms with Gasteiger partial charge in [0.25, 0.3) is 0 Å². The maximum Gasteiger partial charge on any atom is 0.248 e. The van der Waals surface area contributed by atoms with Crippen LogP contribution in [0.3, 0.4) is 0 Å². The molecule has 2 amide bonds. The van der Waals surface area contributed by atoms with E-state index in [0.29, 0.717) is 11.3 Å². The first-order valence-corrected chi connectivity index (χ1v) is 10.8. The van der Waals surface area contributed by atoms with Gasteiger partial charge in [0.1, 0.15) is 5.37 Å². The van der Waals surface area contributed by atoms with Crippen LogP contribution in [0.15, 0.2) is 78.9 Å². The van der Waals surface area contributed by atoms with Crippen LogP contribution >= 0.6 is 11.8 Å². The minimum atomic E-state index is -0.533. The Morgan fingerprint density at radius 3 is 2.26 bits per heavy atom. The molecule has 1 aliphatic heterocycles. The third kappa shape index (κ3) is 4.48. The first kappa shape index (κ1) is 20.7. The van der Waals surface area contributed by atoms with Crippen molar-refractivity contribution in [3.05, 3.63) is 101 Å². The van der Waals surface area contributed by atoms with E-state index in [1.165, 1.54) is 11.8 Å². The lowest BCUT2D eigenvalue weighted by molar-refractivity contribution is -0.117. The summed E-state index contributed by atoms with van der Waals surface area (Å²) in [4.78, 5) is 26.3. The van der Waals surface area contributed by atoms with Crippen molar-refractivity contribution in [2.45, 2.75) is 10.6 Å². The lowest BCUT2D eigenvalue weighted by Crippen LogP contribution is -2.34. The molecule has 1 heterocycles. The number of nitrogens with two attached hydrogens (primary N) is 2. The molecule has 5 nitrogen and oxygen atoms in total. The number of hydrogen-bond acceptors (Lipinski definition) is 4. The molecule has 4 rings (SSSR count). The predicted molar refractivity (Wildman–Crippen MR) is 124 cm³/mol. The molecule has 1 saturated heterocycles. The van der Waals surface area contributed by atoms with E-state index in [2.05, 4.69) is 11.8 Å². The van der Waals surface area contributed by atoms with Crippen molar-refractivity contribution < 1.29 is 9.59 Å². The van der Waals surface area contributed by atoms with Gasteiger partial charge in [-0.2, -0.15) is 0 Å². The highest BCUT2D eigenvalue weighted by Gasteiger charge is 2.41. The third-order valence-electron chi connectivity index (χ3n) is 4.98. The molecule has 0 saturated carbocycles. The highest BCUT2D eigenvalue weighted by molar-refractivity contribution is 8.01. The molecule has 3 aromatic carbocycles. The summed E-state index contributed by atoms with van der Waals surface area (Å²) >= 11 is 1.50. The summed E-state index contributed by atoms with van der Waals surface area (Å²) < 4.78 is 0. The maximum absolute atomic E-state index is 13.0. The Balaban J connectivity index is 1.63. The van der Waals surface area contributed by atoms with Crippen LogP contribution in [-0.2, 0) is 4.79 Å². The first-order chi connectivity index (χ1) is 15.1. The zero-order valence-electron chi connectivity index (χ0n) is 16.7. The molecule has 1 aliphatic rings. The van der Waals surface area contributed by atoms with Crippen LogP contribution in [0.25, 0.3) is 0 Å². The molecule has 0 aliphatic carbocycles. The summed E-state index contributed by atoms with van der Waals surface area (Å²) in [5.74, 6) is 5.70. The van der Waals surface area contributed by atoms with Gasteiger partial charge in [0.2, 0.25) is 11.8 Å². The van der Waals surface area contributed by atoms with E-state index < -0.39 is 5.91 Å². The molecular weight excluding hydrogens is 406 g/mol. The van der Waals surface area contributed by atoms with E-state index in [4.69, 9.17) is 11.5 Å². The molecular formula is C25H21N3O2S. The standard InChI is InChI=1S/C25H21N3O2S/c26-16-22-24(30)28(21-8-4-7-20(15-21)23(27)29)25(31-22)19-13-11-18(12-14-19)10-9-17-5-2-1-3-6-17/h1-8,11-15,22,25H,16,26H2,(H2,27,29)/t22-,25+/m1/s1. The van der Waals surface area contributed by atoms with Crippen molar-refractivity contribution in [1.82, 2.24) is 0 Å². The normalized spacial score (nSPS) is 17.8. The first-order valence-electron chi connectivity index (χ1n) is 9.82. The Labute approximate surface area is 185 Å². The van der Waals surface area contributed by atoms with E-state index in [1.54, 1.807) is 29.2 Å². The summed E-state index contributed by atoms with van der Waals surface area (Å²) in [6, 6.07) is 24.5. The van der Waals surface area contributed by atoms with Gasteiger partial charge in [0.05, 0.1) is 5.25 Å². The highest BCUT2D eigenvalue weighted by Crippen LogP contribution is 2.45. The van der Waals surface area contributed by atoms with Gasteiger partial charge < -0.3 is 11.5 Å². The number of rotatable bonds is 4. The van der Waals surface area contributed by atoms with Crippen LogP contribution in [0.4, 0.5) is 5.69 Å². The summed E-state index contributed by atoms with van der Waals surface area (Å²) in [6.45, 7) is 0.243. The lowest BCUT2D eigenvalue weighted by Gasteiger charge is -2.24. The number of benzene rings is 3. The molecule has 1 fully saturated rings. The van der Waals surface area contributed by atoms with Crippen LogP contribution in [0, 0.1) is 11.8 Å². The fraction of sp³-hybridized carbons (Fsp3) is 0.120. The Morgan fingerprint density at radius 1 is 0.935 bits per heavy atom. The average Bonchev–Trinajstić information content (AvgIpc) is 3.15. The number of hydrogen-bond donors (Lipinski definition) is 2. The second kappa shape index (κ2) is 9.09. The van der Waals surface area contributed by atoms with Gasteiger partial charge >= 0.3 is 0 Å². The van der Waals surface area contributed by atoms with Gasteiger partial charge in [-0.25, -0.2) is 0 Å². The van der Waals surface area contributed by atoms with E-state index in [1.807, 2.05) is 54.6 Å². The smallest absolute Gasteiger partial charge is 0.248 e. The molecule has 0 aromatic heterocycles. The Kier molecular flexibility index (Phi) is 6.08. The van der Waals surface area contributed by atoms with Gasteiger partial charge in [0, 0.05) is 28.9 Å². The monoisotopic (exact) mass is 427 g/mol. The highest BCUT2D eigenvalue weighted by atomic mass is 32.2. The number of amides is 2. The summed E-state index contributed by atoms with van der Waals surface area (Å²) in [6.07, 6.45) is 0. The lowest BCUT2D eigenvalue weighted by atomic mass is 10.1. The van der Waals surface area contributed by atoms with E-state index in [-0.39, 0.29) is 23.1 Å². The molecule has 154 valence electrons. The van der Waals surface area contributed by atoms with Crippen molar-refractivity contribution in [1.29, 1.82) is 0 Å². The minimum Gasteiger partial charge on any atom is -0.366 e. The van der Waals surface area contributed by atoms with Crippen molar-refractivity contribution >= 4 is 29.3 Å². The summed E-state index contributed by atoms with van der Waals surface area (Å²) in [7, 11) is 0. The second-order valence-electron chi connectivity index (χ2n) is 7.07. The quantitative estimate of drug-likeness (QED) is 0.626. The maximum atomic E-state index is 13.0. The molecule has 0 bridgehead atoms. The fourth-order valence-corrected chi connectivity index (χ4v) is 4.71. The molecule has 6 heteroatoms.